The lowest BCUT2D eigenvalue weighted by atomic mass is 9.84. The van der Waals surface area contributed by atoms with E-state index in [1.165, 1.54) is 21.9 Å². The molecule has 25 heavy (non-hydrogen) atoms. The lowest BCUT2D eigenvalue weighted by molar-refractivity contribution is 0.592. The summed E-state index contributed by atoms with van der Waals surface area (Å²) in [6.45, 7) is 6.70. The topological polar surface area (TPSA) is 25.8 Å². The van der Waals surface area contributed by atoms with Crippen molar-refractivity contribution >= 4 is 22.1 Å². The standard InChI is InChI=1S/C22H20N2S/c1-22(2,3)19-14-7-6-12-18(19)21-24-23-20(25-21)17-13-8-10-15-9-4-5-11-16(15)17/h4-14H,1-3H3. The third-order valence-corrected chi connectivity index (χ3v) is 5.40. The number of fused-ring (bicyclic) bond motifs is 1. The highest BCUT2D eigenvalue weighted by Crippen LogP contribution is 2.38. The lowest BCUT2D eigenvalue weighted by Gasteiger charge is -2.21. The van der Waals surface area contributed by atoms with Crippen LogP contribution in [0, 0.1) is 0 Å². The minimum absolute atomic E-state index is 0.0713. The summed E-state index contributed by atoms with van der Waals surface area (Å²) in [5, 5.41) is 13.4. The maximum absolute atomic E-state index is 4.51. The fourth-order valence-corrected chi connectivity index (χ4v) is 4.10. The molecule has 0 N–H and O–H groups in total. The van der Waals surface area contributed by atoms with Crippen molar-refractivity contribution in [2.45, 2.75) is 26.2 Å². The van der Waals surface area contributed by atoms with Gasteiger partial charge in [-0.25, -0.2) is 0 Å². The predicted molar refractivity (Wildman–Crippen MR) is 107 cm³/mol. The zero-order valence-corrected chi connectivity index (χ0v) is 15.5. The second-order valence-electron chi connectivity index (χ2n) is 7.23. The molecule has 3 heteroatoms. The highest BCUT2D eigenvalue weighted by molar-refractivity contribution is 7.18. The SMILES string of the molecule is CC(C)(C)c1ccccc1-c1nnc(-c2cccc3ccccc23)s1. The summed E-state index contributed by atoms with van der Waals surface area (Å²) in [6, 6.07) is 23.3. The van der Waals surface area contributed by atoms with E-state index >= 15 is 0 Å². The van der Waals surface area contributed by atoms with Crippen LogP contribution in [0.25, 0.3) is 31.9 Å². The van der Waals surface area contributed by atoms with E-state index < -0.39 is 0 Å². The minimum Gasteiger partial charge on any atom is -0.138 e. The van der Waals surface area contributed by atoms with Gasteiger partial charge in [-0.3, -0.25) is 0 Å². The molecule has 0 radical (unpaired) electrons. The number of hydrogen-bond acceptors (Lipinski definition) is 3. The van der Waals surface area contributed by atoms with Gasteiger partial charge in [-0.15, -0.1) is 10.2 Å². The van der Waals surface area contributed by atoms with Crippen molar-refractivity contribution in [3.8, 4) is 21.1 Å². The summed E-state index contributed by atoms with van der Waals surface area (Å²) in [4.78, 5) is 0. The van der Waals surface area contributed by atoms with Gasteiger partial charge in [0, 0.05) is 11.1 Å². The molecule has 0 atom stereocenters. The predicted octanol–water partition coefficient (Wildman–Crippen LogP) is 6.32. The highest BCUT2D eigenvalue weighted by Gasteiger charge is 2.20. The van der Waals surface area contributed by atoms with E-state index in [2.05, 4.69) is 97.7 Å². The van der Waals surface area contributed by atoms with Crippen molar-refractivity contribution in [2.75, 3.05) is 0 Å². The minimum atomic E-state index is 0.0713. The van der Waals surface area contributed by atoms with Crippen molar-refractivity contribution in [1.29, 1.82) is 0 Å². The van der Waals surface area contributed by atoms with E-state index in [0.29, 0.717) is 0 Å². The van der Waals surface area contributed by atoms with Crippen molar-refractivity contribution in [3.63, 3.8) is 0 Å². The Bertz CT molecular complexity index is 1040. The number of aromatic nitrogens is 2. The van der Waals surface area contributed by atoms with E-state index in [0.717, 1.165) is 15.6 Å². The fraction of sp³-hybridized carbons (Fsp3) is 0.182. The van der Waals surface area contributed by atoms with Gasteiger partial charge < -0.3 is 0 Å². The molecule has 0 aliphatic carbocycles. The smallest absolute Gasteiger partial charge is 0.138 e. The van der Waals surface area contributed by atoms with E-state index in [9.17, 15) is 0 Å². The van der Waals surface area contributed by atoms with Crippen molar-refractivity contribution in [2.24, 2.45) is 0 Å². The molecule has 4 rings (SSSR count). The first-order chi connectivity index (χ1) is 12.0. The van der Waals surface area contributed by atoms with Crippen LogP contribution < -0.4 is 0 Å². The summed E-state index contributed by atoms with van der Waals surface area (Å²) in [5.74, 6) is 0. The van der Waals surface area contributed by atoms with Crippen LogP contribution in [0.1, 0.15) is 26.3 Å². The van der Waals surface area contributed by atoms with Crippen LogP contribution in [0.3, 0.4) is 0 Å². The Hall–Kier alpha value is -2.52. The average molecular weight is 344 g/mol. The Morgan fingerprint density at radius 1 is 0.680 bits per heavy atom. The largest absolute Gasteiger partial charge is 0.148 e. The van der Waals surface area contributed by atoms with E-state index in [1.54, 1.807) is 11.3 Å². The Labute approximate surface area is 152 Å². The molecule has 0 saturated carbocycles. The number of hydrogen-bond donors (Lipinski definition) is 0. The molecule has 4 aromatic rings. The van der Waals surface area contributed by atoms with Gasteiger partial charge in [0.2, 0.25) is 0 Å². The maximum atomic E-state index is 4.51. The van der Waals surface area contributed by atoms with Crippen LogP contribution in [0.5, 0.6) is 0 Å². The fourth-order valence-electron chi connectivity index (χ4n) is 3.18. The molecular weight excluding hydrogens is 324 g/mol. The summed E-state index contributed by atoms with van der Waals surface area (Å²) < 4.78 is 0. The van der Waals surface area contributed by atoms with E-state index in [4.69, 9.17) is 0 Å². The molecule has 124 valence electrons. The Morgan fingerprint density at radius 2 is 1.28 bits per heavy atom. The Kier molecular flexibility index (Phi) is 3.89. The van der Waals surface area contributed by atoms with Crippen molar-refractivity contribution in [3.05, 3.63) is 72.3 Å². The van der Waals surface area contributed by atoms with Crippen LogP contribution >= 0.6 is 11.3 Å². The van der Waals surface area contributed by atoms with Crippen LogP contribution in [0.15, 0.2) is 66.7 Å². The summed E-state index contributed by atoms with van der Waals surface area (Å²) in [7, 11) is 0. The average Bonchev–Trinajstić information content (AvgIpc) is 3.10. The van der Waals surface area contributed by atoms with Gasteiger partial charge in [-0.1, -0.05) is 98.8 Å². The number of nitrogens with zero attached hydrogens (tertiary/aromatic N) is 2. The van der Waals surface area contributed by atoms with Gasteiger partial charge in [0.15, 0.2) is 0 Å². The van der Waals surface area contributed by atoms with Crippen LogP contribution in [-0.4, -0.2) is 10.2 Å². The van der Waals surface area contributed by atoms with E-state index in [1.807, 2.05) is 0 Å². The molecule has 0 spiro atoms. The molecule has 0 bridgehead atoms. The third kappa shape index (κ3) is 2.96. The summed E-state index contributed by atoms with van der Waals surface area (Å²) in [5.41, 5.74) is 3.70. The first kappa shape index (κ1) is 16.0. The Morgan fingerprint density at radius 3 is 2.08 bits per heavy atom. The molecule has 1 heterocycles. The van der Waals surface area contributed by atoms with Gasteiger partial charge in [-0.05, 0) is 21.8 Å². The first-order valence-electron chi connectivity index (χ1n) is 8.45. The van der Waals surface area contributed by atoms with Gasteiger partial charge in [0.1, 0.15) is 10.0 Å². The summed E-state index contributed by atoms with van der Waals surface area (Å²) >= 11 is 1.66. The zero-order valence-electron chi connectivity index (χ0n) is 14.7. The second-order valence-corrected chi connectivity index (χ2v) is 8.21. The molecule has 0 aliphatic heterocycles. The van der Waals surface area contributed by atoms with Gasteiger partial charge >= 0.3 is 0 Å². The van der Waals surface area contributed by atoms with Crippen LogP contribution in [0.2, 0.25) is 0 Å². The first-order valence-corrected chi connectivity index (χ1v) is 9.27. The third-order valence-electron chi connectivity index (χ3n) is 4.41. The molecule has 0 fully saturated rings. The van der Waals surface area contributed by atoms with Crippen LogP contribution in [-0.2, 0) is 5.41 Å². The second kappa shape index (κ2) is 6.08. The normalized spacial score (nSPS) is 11.8. The monoisotopic (exact) mass is 344 g/mol. The van der Waals surface area contributed by atoms with Gasteiger partial charge in [0.25, 0.3) is 0 Å². The maximum Gasteiger partial charge on any atom is 0.148 e. The molecule has 0 saturated heterocycles. The highest BCUT2D eigenvalue weighted by atomic mass is 32.1. The van der Waals surface area contributed by atoms with Crippen LogP contribution in [0.4, 0.5) is 0 Å². The quantitative estimate of drug-likeness (QED) is 0.425. The lowest BCUT2D eigenvalue weighted by Crippen LogP contribution is -2.12. The molecule has 0 amide bonds. The Balaban J connectivity index is 1.84. The molecule has 1 aromatic heterocycles. The van der Waals surface area contributed by atoms with E-state index in [-0.39, 0.29) is 5.41 Å². The van der Waals surface area contributed by atoms with Crippen molar-refractivity contribution in [1.82, 2.24) is 10.2 Å². The molecule has 2 nitrogen and oxygen atoms in total. The van der Waals surface area contributed by atoms with Crippen molar-refractivity contribution < 1.29 is 0 Å². The molecular formula is C22H20N2S. The number of rotatable bonds is 2. The summed E-state index contributed by atoms with van der Waals surface area (Å²) in [6.07, 6.45) is 0. The van der Waals surface area contributed by atoms with Gasteiger partial charge in [0.05, 0.1) is 0 Å². The van der Waals surface area contributed by atoms with Gasteiger partial charge in [-0.2, -0.15) is 0 Å². The molecule has 0 aliphatic rings. The molecule has 0 unspecified atom stereocenters. The zero-order chi connectivity index (χ0) is 17.4. The molecule has 3 aromatic carbocycles. The number of benzene rings is 3.